The Balaban J connectivity index is 1.56. The third kappa shape index (κ3) is 5.37. The van der Waals surface area contributed by atoms with Crippen LogP contribution in [0.2, 0.25) is 0 Å². The Morgan fingerprint density at radius 3 is 2.69 bits per heavy atom. The first kappa shape index (κ1) is 21.3. The van der Waals surface area contributed by atoms with Crippen molar-refractivity contribution >= 4 is 38.3 Å². The number of halogens is 1. The number of carbonyl (C=O) groups excluding carboxylic acids is 2. The second-order valence-electron chi connectivity index (χ2n) is 6.70. The van der Waals surface area contributed by atoms with Crippen molar-refractivity contribution in [2.75, 3.05) is 25.0 Å². The van der Waals surface area contributed by atoms with Crippen molar-refractivity contribution in [1.82, 2.24) is 14.6 Å². The highest BCUT2D eigenvalue weighted by Gasteiger charge is 2.33. The van der Waals surface area contributed by atoms with Crippen molar-refractivity contribution in [3.8, 4) is 0 Å². The maximum Gasteiger partial charge on any atom is 0.245 e. The molecule has 1 aromatic carbocycles. The average molecular weight is 441 g/mol. The van der Waals surface area contributed by atoms with E-state index in [1.807, 2.05) is 6.92 Å². The maximum absolute atomic E-state index is 13.1. The van der Waals surface area contributed by atoms with Crippen LogP contribution in [0.5, 0.6) is 0 Å². The highest BCUT2D eigenvalue weighted by atomic mass is 32.2. The van der Waals surface area contributed by atoms with E-state index in [1.54, 1.807) is 6.20 Å². The highest BCUT2D eigenvalue weighted by Crippen LogP contribution is 2.24. The van der Waals surface area contributed by atoms with Gasteiger partial charge in [0, 0.05) is 24.2 Å². The van der Waals surface area contributed by atoms with Gasteiger partial charge in [0.15, 0.2) is 5.13 Å². The summed E-state index contributed by atoms with van der Waals surface area (Å²) in [7, 11) is -3.81. The lowest BCUT2D eigenvalue weighted by Crippen LogP contribution is -2.46. The molecule has 156 valence electrons. The maximum atomic E-state index is 13.1. The Labute approximate surface area is 172 Å². The fourth-order valence-electron chi connectivity index (χ4n) is 3.02. The number of nitrogens with one attached hydrogen (secondary N) is 2. The molecular formula is C18H21FN4O4S2. The number of piperidine rings is 1. The zero-order chi connectivity index (χ0) is 21.0. The van der Waals surface area contributed by atoms with Gasteiger partial charge in [-0.1, -0.05) is 0 Å². The first-order chi connectivity index (χ1) is 13.8. The number of benzene rings is 1. The van der Waals surface area contributed by atoms with Crippen molar-refractivity contribution in [2.24, 2.45) is 5.92 Å². The summed E-state index contributed by atoms with van der Waals surface area (Å²) in [6.07, 6.45) is 2.68. The summed E-state index contributed by atoms with van der Waals surface area (Å²) in [5.41, 5.74) is 0. The van der Waals surface area contributed by atoms with Crippen LogP contribution in [0.25, 0.3) is 0 Å². The normalized spacial score (nSPS) is 17.7. The van der Waals surface area contributed by atoms with E-state index in [1.165, 1.54) is 27.8 Å². The number of thiazole rings is 1. The Morgan fingerprint density at radius 1 is 1.31 bits per heavy atom. The SMILES string of the molecule is Cc1cnc(NC(=O)CNC(=O)C2CCCN(S(=O)(=O)c3ccc(F)cc3)C2)s1. The summed E-state index contributed by atoms with van der Waals surface area (Å²) in [5, 5.41) is 5.60. The lowest BCUT2D eigenvalue weighted by molar-refractivity contribution is -0.128. The predicted molar refractivity (Wildman–Crippen MR) is 106 cm³/mol. The molecule has 2 heterocycles. The Hall–Kier alpha value is -2.37. The number of sulfonamides is 1. The van der Waals surface area contributed by atoms with Gasteiger partial charge in [-0.2, -0.15) is 4.31 Å². The number of hydrogen-bond donors (Lipinski definition) is 2. The lowest BCUT2D eigenvalue weighted by atomic mass is 9.99. The molecule has 3 rings (SSSR count). The van der Waals surface area contributed by atoms with Crippen LogP contribution in [0.1, 0.15) is 17.7 Å². The molecule has 29 heavy (non-hydrogen) atoms. The molecule has 1 atom stereocenters. The van der Waals surface area contributed by atoms with Gasteiger partial charge in [-0.05, 0) is 44.0 Å². The van der Waals surface area contributed by atoms with Crippen molar-refractivity contribution < 1.29 is 22.4 Å². The van der Waals surface area contributed by atoms with E-state index in [2.05, 4.69) is 15.6 Å². The number of rotatable bonds is 6. The number of carbonyl (C=O) groups is 2. The first-order valence-corrected chi connectivity index (χ1v) is 11.3. The Kier molecular flexibility index (Phi) is 6.60. The second-order valence-corrected chi connectivity index (χ2v) is 9.87. The number of aryl methyl sites for hydroxylation is 1. The van der Waals surface area contributed by atoms with Crippen LogP contribution in [0.15, 0.2) is 35.4 Å². The number of anilines is 1. The van der Waals surface area contributed by atoms with Crippen LogP contribution in [0, 0.1) is 18.7 Å². The molecule has 0 radical (unpaired) electrons. The molecule has 2 amide bonds. The largest absolute Gasteiger partial charge is 0.347 e. The molecule has 2 aromatic rings. The van der Waals surface area contributed by atoms with Gasteiger partial charge in [0.25, 0.3) is 0 Å². The molecule has 0 saturated carbocycles. The van der Waals surface area contributed by atoms with E-state index in [4.69, 9.17) is 0 Å². The molecular weight excluding hydrogens is 419 g/mol. The molecule has 1 aliphatic heterocycles. The second kappa shape index (κ2) is 8.97. The fraction of sp³-hybridized carbons (Fsp3) is 0.389. The monoisotopic (exact) mass is 440 g/mol. The van der Waals surface area contributed by atoms with Gasteiger partial charge in [0.05, 0.1) is 17.4 Å². The zero-order valence-corrected chi connectivity index (χ0v) is 17.4. The third-order valence-corrected chi connectivity index (χ3v) is 7.20. The van der Waals surface area contributed by atoms with Crippen molar-refractivity contribution in [2.45, 2.75) is 24.7 Å². The van der Waals surface area contributed by atoms with Crippen molar-refractivity contribution in [3.63, 3.8) is 0 Å². The number of hydrogen-bond acceptors (Lipinski definition) is 6. The smallest absolute Gasteiger partial charge is 0.245 e. The van der Waals surface area contributed by atoms with E-state index < -0.39 is 27.7 Å². The minimum atomic E-state index is -3.81. The van der Waals surface area contributed by atoms with Crippen LogP contribution in [0.4, 0.5) is 9.52 Å². The fourth-order valence-corrected chi connectivity index (χ4v) is 5.22. The van der Waals surface area contributed by atoms with Gasteiger partial charge in [0.1, 0.15) is 5.82 Å². The molecule has 0 bridgehead atoms. The molecule has 0 aliphatic carbocycles. The molecule has 1 aromatic heterocycles. The Bertz CT molecular complexity index is 992. The summed E-state index contributed by atoms with van der Waals surface area (Å²) in [5.74, 6) is -1.87. The van der Waals surface area contributed by atoms with Gasteiger partial charge in [-0.25, -0.2) is 17.8 Å². The van der Waals surface area contributed by atoms with Crippen LogP contribution >= 0.6 is 11.3 Å². The summed E-state index contributed by atoms with van der Waals surface area (Å²) < 4.78 is 39.8. The average Bonchev–Trinajstić information content (AvgIpc) is 3.11. The standard InChI is InChI=1S/C18H21FN4O4S2/c1-12-9-21-18(28-12)22-16(24)10-20-17(25)13-3-2-8-23(11-13)29(26,27)15-6-4-14(19)5-7-15/h4-7,9,13H,2-3,8,10-11H2,1H3,(H,20,25)(H,21,22,24). The van der Waals surface area contributed by atoms with E-state index in [0.717, 1.165) is 17.0 Å². The molecule has 1 saturated heterocycles. The topological polar surface area (TPSA) is 108 Å². The summed E-state index contributed by atoms with van der Waals surface area (Å²) in [6.45, 7) is 1.94. The van der Waals surface area contributed by atoms with Crippen molar-refractivity contribution in [1.29, 1.82) is 0 Å². The molecule has 11 heteroatoms. The van der Waals surface area contributed by atoms with Crippen LogP contribution < -0.4 is 10.6 Å². The van der Waals surface area contributed by atoms with E-state index in [9.17, 15) is 22.4 Å². The highest BCUT2D eigenvalue weighted by molar-refractivity contribution is 7.89. The Morgan fingerprint density at radius 2 is 2.03 bits per heavy atom. The van der Waals surface area contributed by atoms with Gasteiger partial charge in [-0.15, -0.1) is 11.3 Å². The van der Waals surface area contributed by atoms with Crippen LogP contribution in [-0.2, 0) is 19.6 Å². The molecule has 1 unspecified atom stereocenters. The minimum Gasteiger partial charge on any atom is -0.347 e. The molecule has 2 N–H and O–H groups in total. The zero-order valence-electron chi connectivity index (χ0n) is 15.7. The molecule has 0 spiro atoms. The van der Waals surface area contributed by atoms with Gasteiger partial charge < -0.3 is 10.6 Å². The van der Waals surface area contributed by atoms with Crippen molar-refractivity contribution in [3.05, 3.63) is 41.2 Å². The van der Waals surface area contributed by atoms with Gasteiger partial charge in [-0.3, -0.25) is 9.59 Å². The van der Waals surface area contributed by atoms with E-state index in [0.29, 0.717) is 18.0 Å². The van der Waals surface area contributed by atoms with Crippen LogP contribution in [-0.4, -0.2) is 49.2 Å². The predicted octanol–water partition coefficient (Wildman–Crippen LogP) is 1.75. The van der Waals surface area contributed by atoms with Gasteiger partial charge in [0.2, 0.25) is 21.8 Å². The first-order valence-electron chi connectivity index (χ1n) is 9.01. The van der Waals surface area contributed by atoms with Gasteiger partial charge >= 0.3 is 0 Å². The molecule has 8 nitrogen and oxygen atoms in total. The molecule has 1 fully saturated rings. The summed E-state index contributed by atoms with van der Waals surface area (Å²) in [4.78, 5) is 29.3. The summed E-state index contributed by atoms with van der Waals surface area (Å²) >= 11 is 1.33. The lowest BCUT2D eigenvalue weighted by Gasteiger charge is -2.31. The molecule has 1 aliphatic rings. The van der Waals surface area contributed by atoms with E-state index in [-0.39, 0.29) is 30.4 Å². The van der Waals surface area contributed by atoms with Crippen LogP contribution in [0.3, 0.4) is 0 Å². The summed E-state index contributed by atoms with van der Waals surface area (Å²) in [6, 6.07) is 4.59. The number of aromatic nitrogens is 1. The third-order valence-electron chi connectivity index (χ3n) is 4.50. The number of amides is 2. The number of nitrogens with zero attached hydrogens (tertiary/aromatic N) is 2. The quantitative estimate of drug-likeness (QED) is 0.711. The van der Waals surface area contributed by atoms with E-state index >= 15 is 0 Å². The minimum absolute atomic E-state index is 0.0127.